The quantitative estimate of drug-likeness (QED) is 0.827. The Labute approximate surface area is 100 Å². The number of H-pyrrole nitrogens is 1. The number of anilines is 1. The van der Waals surface area contributed by atoms with Crippen molar-refractivity contribution in [2.45, 2.75) is 19.3 Å². The highest BCUT2D eigenvalue weighted by atomic mass is 16.1. The standard InChI is InChI=1S/C13H15N3O/c17-12(16-13-14-9-10-15-13)8-4-7-11-5-2-1-3-6-11/h1-3,5-6,9-10H,4,7-8H2,(H2,14,15,16,17). The lowest BCUT2D eigenvalue weighted by molar-refractivity contribution is -0.116. The second kappa shape index (κ2) is 5.84. The highest BCUT2D eigenvalue weighted by molar-refractivity contribution is 5.88. The molecule has 88 valence electrons. The maximum atomic E-state index is 11.5. The molecule has 1 heterocycles. The minimum Gasteiger partial charge on any atom is -0.331 e. The number of hydrogen-bond donors (Lipinski definition) is 2. The summed E-state index contributed by atoms with van der Waals surface area (Å²) in [4.78, 5) is 18.3. The van der Waals surface area contributed by atoms with E-state index in [1.54, 1.807) is 12.4 Å². The van der Waals surface area contributed by atoms with E-state index >= 15 is 0 Å². The second-order valence-electron chi connectivity index (χ2n) is 3.83. The minimum atomic E-state index is -0.00381. The number of aromatic nitrogens is 2. The zero-order valence-electron chi connectivity index (χ0n) is 9.52. The van der Waals surface area contributed by atoms with Crippen LogP contribution in [-0.4, -0.2) is 15.9 Å². The molecule has 2 aromatic rings. The molecular formula is C13H15N3O. The van der Waals surface area contributed by atoms with E-state index in [4.69, 9.17) is 0 Å². The van der Waals surface area contributed by atoms with E-state index < -0.39 is 0 Å². The molecule has 1 aromatic carbocycles. The van der Waals surface area contributed by atoms with Gasteiger partial charge in [-0.2, -0.15) is 0 Å². The van der Waals surface area contributed by atoms with E-state index in [0.29, 0.717) is 12.4 Å². The fourth-order valence-electron chi connectivity index (χ4n) is 1.63. The van der Waals surface area contributed by atoms with Gasteiger partial charge in [0.05, 0.1) is 0 Å². The summed E-state index contributed by atoms with van der Waals surface area (Å²) in [5.41, 5.74) is 1.26. The largest absolute Gasteiger partial charge is 0.331 e. The predicted octanol–water partition coefficient (Wildman–Crippen LogP) is 2.37. The summed E-state index contributed by atoms with van der Waals surface area (Å²) in [6.07, 6.45) is 5.57. The third kappa shape index (κ3) is 3.75. The van der Waals surface area contributed by atoms with Crippen LogP contribution in [0.2, 0.25) is 0 Å². The molecule has 2 N–H and O–H groups in total. The Kier molecular flexibility index (Phi) is 3.91. The molecule has 0 saturated carbocycles. The summed E-state index contributed by atoms with van der Waals surface area (Å²) in [6, 6.07) is 10.2. The fourth-order valence-corrected chi connectivity index (χ4v) is 1.63. The molecule has 0 aliphatic rings. The molecule has 1 aromatic heterocycles. The van der Waals surface area contributed by atoms with Gasteiger partial charge in [0, 0.05) is 18.8 Å². The first-order chi connectivity index (χ1) is 8.34. The van der Waals surface area contributed by atoms with Gasteiger partial charge in [-0.05, 0) is 18.4 Å². The molecule has 0 aliphatic heterocycles. The lowest BCUT2D eigenvalue weighted by Gasteiger charge is -2.02. The molecule has 0 fully saturated rings. The smallest absolute Gasteiger partial charge is 0.226 e. The number of carbonyl (C=O) groups excluding carboxylic acids is 1. The number of hydrogen-bond acceptors (Lipinski definition) is 2. The minimum absolute atomic E-state index is 0.00381. The van der Waals surface area contributed by atoms with Crippen LogP contribution in [0.15, 0.2) is 42.7 Å². The number of imidazole rings is 1. The van der Waals surface area contributed by atoms with E-state index in [1.807, 2.05) is 18.2 Å². The fraction of sp³-hybridized carbons (Fsp3) is 0.231. The Morgan fingerprint density at radius 2 is 2.12 bits per heavy atom. The van der Waals surface area contributed by atoms with E-state index in [0.717, 1.165) is 12.8 Å². The van der Waals surface area contributed by atoms with Gasteiger partial charge in [0.1, 0.15) is 0 Å². The molecule has 2 rings (SSSR count). The molecule has 17 heavy (non-hydrogen) atoms. The normalized spacial score (nSPS) is 10.1. The highest BCUT2D eigenvalue weighted by Crippen LogP contribution is 2.05. The van der Waals surface area contributed by atoms with E-state index in [2.05, 4.69) is 27.4 Å². The molecular weight excluding hydrogens is 214 g/mol. The second-order valence-corrected chi connectivity index (χ2v) is 3.83. The monoisotopic (exact) mass is 229 g/mol. The molecule has 4 heteroatoms. The summed E-state index contributed by atoms with van der Waals surface area (Å²) in [6.45, 7) is 0. The van der Waals surface area contributed by atoms with Gasteiger partial charge in [-0.1, -0.05) is 30.3 Å². The number of nitrogens with zero attached hydrogens (tertiary/aromatic N) is 1. The number of carbonyl (C=O) groups is 1. The van der Waals surface area contributed by atoms with Crippen molar-refractivity contribution in [1.82, 2.24) is 9.97 Å². The van der Waals surface area contributed by atoms with Crippen LogP contribution in [0.3, 0.4) is 0 Å². The van der Waals surface area contributed by atoms with Crippen molar-refractivity contribution in [2.75, 3.05) is 5.32 Å². The van der Waals surface area contributed by atoms with Gasteiger partial charge in [0.15, 0.2) is 0 Å². The van der Waals surface area contributed by atoms with Gasteiger partial charge in [-0.3, -0.25) is 10.1 Å². The number of amides is 1. The summed E-state index contributed by atoms with van der Waals surface area (Å²) in [5.74, 6) is 0.505. The van der Waals surface area contributed by atoms with E-state index in [1.165, 1.54) is 5.56 Å². The Morgan fingerprint density at radius 1 is 1.29 bits per heavy atom. The molecule has 0 atom stereocenters. The van der Waals surface area contributed by atoms with Crippen LogP contribution >= 0.6 is 0 Å². The molecule has 1 amide bonds. The molecule has 0 spiro atoms. The van der Waals surface area contributed by atoms with E-state index in [-0.39, 0.29) is 5.91 Å². The van der Waals surface area contributed by atoms with Crippen LogP contribution in [-0.2, 0) is 11.2 Å². The van der Waals surface area contributed by atoms with Crippen LogP contribution in [0.25, 0.3) is 0 Å². The van der Waals surface area contributed by atoms with Crippen molar-refractivity contribution in [3.05, 3.63) is 48.3 Å². The maximum absolute atomic E-state index is 11.5. The third-order valence-corrected chi connectivity index (χ3v) is 2.47. The van der Waals surface area contributed by atoms with Crippen LogP contribution in [0.4, 0.5) is 5.95 Å². The van der Waals surface area contributed by atoms with Gasteiger partial charge in [-0.25, -0.2) is 4.98 Å². The molecule has 4 nitrogen and oxygen atoms in total. The van der Waals surface area contributed by atoms with Crippen molar-refractivity contribution in [3.8, 4) is 0 Å². The Morgan fingerprint density at radius 3 is 2.82 bits per heavy atom. The molecule has 0 radical (unpaired) electrons. The number of rotatable bonds is 5. The molecule has 0 unspecified atom stereocenters. The van der Waals surface area contributed by atoms with Gasteiger partial charge in [-0.15, -0.1) is 0 Å². The van der Waals surface area contributed by atoms with Gasteiger partial charge >= 0.3 is 0 Å². The van der Waals surface area contributed by atoms with Crippen molar-refractivity contribution >= 4 is 11.9 Å². The lowest BCUT2D eigenvalue weighted by atomic mass is 10.1. The number of nitrogens with one attached hydrogen (secondary N) is 2. The Hall–Kier alpha value is -2.10. The zero-order chi connectivity index (χ0) is 11.9. The molecule has 0 bridgehead atoms. The first-order valence-electron chi connectivity index (χ1n) is 5.68. The first kappa shape index (κ1) is 11.4. The van der Waals surface area contributed by atoms with Crippen LogP contribution in [0.5, 0.6) is 0 Å². The van der Waals surface area contributed by atoms with Crippen LogP contribution in [0.1, 0.15) is 18.4 Å². The molecule has 0 aliphatic carbocycles. The number of benzene rings is 1. The Bertz CT molecular complexity index is 451. The summed E-state index contributed by atoms with van der Waals surface area (Å²) < 4.78 is 0. The van der Waals surface area contributed by atoms with Crippen LogP contribution < -0.4 is 5.32 Å². The van der Waals surface area contributed by atoms with Crippen LogP contribution in [0, 0.1) is 0 Å². The third-order valence-electron chi connectivity index (χ3n) is 2.47. The zero-order valence-corrected chi connectivity index (χ0v) is 9.52. The summed E-state index contributed by atoms with van der Waals surface area (Å²) in [7, 11) is 0. The number of aryl methyl sites for hydroxylation is 1. The summed E-state index contributed by atoms with van der Waals surface area (Å²) >= 11 is 0. The Balaban J connectivity index is 1.70. The van der Waals surface area contributed by atoms with Gasteiger partial charge in [0.25, 0.3) is 0 Å². The van der Waals surface area contributed by atoms with Gasteiger partial charge in [0.2, 0.25) is 11.9 Å². The van der Waals surface area contributed by atoms with Crippen molar-refractivity contribution < 1.29 is 4.79 Å². The van der Waals surface area contributed by atoms with E-state index in [9.17, 15) is 4.79 Å². The first-order valence-corrected chi connectivity index (χ1v) is 5.68. The maximum Gasteiger partial charge on any atom is 0.226 e. The predicted molar refractivity (Wildman–Crippen MR) is 66.6 cm³/mol. The number of aromatic amines is 1. The highest BCUT2D eigenvalue weighted by Gasteiger charge is 2.03. The van der Waals surface area contributed by atoms with Crippen molar-refractivity contribution in [2.24, 2.45) is 0 Å². The van der Waals surface area contributed by atoms with Gasteiger partial charge < -0.3 is 4.98 Å². The van der Waals surface area contributed by atoms with Crippen molar-refractivity contribution in [3.63, 3.8) is 0 Å². The molecule has 0 saturated heterocycles. The lowest BCUT2D eigenvalue weighted by Crippen LogP contribution is -2.12. The summed E-state index contributed by atoms with van der Waals surface area (Å²) in [5, 5.41) is 2.70. The van der Waals surface area contributed by atoms with Crippen molar-refractivity contribution in [1.29, 1.82) is 0 Å². The average Bonchev–Trinajstić information content (AvgIpc) is 2.83. The SMILES string of the molecule is O=C(CCCc1ccccc1)Nc1ncc[nH]1. The topological polar surface area (TPSA) is 57.8 Å². The average molecular weight is 229 g/mol.